The van der Waals surface area contributed by atoms with Crippen LogP contribution in [0.2, 0.25) is 0 Å². The molecule has 0 bridgehead atoms. The number of alkyl halides is 6. The molecule has 0 fully saturated rings. The van der Waals surface area contributed by atoms with Gasteiger partial charge in [0.2, 0.25) is 0 Å². The summed E-state index contributed by atoms with van der Waals surface area (Å²) in [5.74, 6) is -5.44. The summed E-state index contributed by atoms with van der Waals surface area (Å²) in [4.78, 5) is 98.8. The average Bonchev–Trinajstić information content (AvgIpc) is 0.769. The van der Waals surface area contributed by atoms with Crippen LogP contribution < -0.4 is 0 Å². The number of aliphatic carboxylic acids is 6. The van der Waals surface area contributed by atoms with Crippen LogP contribution >= 0.6 is 70.6 Å². The summed E-state index contributed by atoms with van der Waals surface area (Å²) in [7, 11) is 0. The molecule has 0 spiro atoms. The molecule has 12 aromatic carbocycles. The Kier molecular flexibility index (Phi) is 36.9. The molecule has 0 amide bonds. The van der Waals surface area contributed by atoms with Crippen molar-refractivity contribution >= 4 is 172 Å². The standard InChI is InChI=1S/C20H16F3NO2S.2C20H19NO2S.C19H14F3NO2S.C19H16FNO2S.C19H17NO2S/c1-19(2,18(25)26)27-17-9-10-24-16-8-7-12(11-14(16)17)13-5-3-4-6-15(13)20(21,22)23;1-13-4-6-14(7-5-13)15-8-9-17-16(12-15)18(10-11-21-17)24-20(2,3)19(22)23;1-3-18(20(22)23)24-19-10-11-21-17-9-8-15(12-16(17)19)14-6-4-13(2)5-7-14;1-11(18(24)25)26-17-8-9-23-16-7-6-12(10-14(16)17)13-4-2-3-5-15(13)19(20,21)22;1-2-17(19(22)23)24-18-9-10-21-16-8-5-13(11-15(16)18)12-3-6-14(20)7-4-12;1-12-3-5-14(6-4-12)15-7-8-17-16(11-15)18(9-10-20-17)23-13(2)19(21)22/h3-11H,1-2H3,(H,25,26);4-12H,1-3H3,(H,22,23);4-12,18H,3H2,1-2H3,(H,22,23);2-11H,1H3,(H,24,25);3-11,17H,2H2,1H3,(H,22,23);3-11,13H,1-2H3,(H,21,22). The van der Waals surface area contributed by atoms with Gasteiger partial charge in [0.05, 0.1) is 44.2 Å². The first-order valence-electron chi connectivity index (χ1n) is 46.5. The topological polar surface area (TPSA) is 301 Å². The van der Waals surface area contributed by atoms with E-state index in [0.29, 0.717) is 55.6 Å². The minimum absolute atomic E-state index is 0.0733. The molecule has 0 aliphatic carbocycles. The highest BCUT2D eigenvalue weighted by atomic mass is 32.2. The van der Waals surface area contributed by atoms with E-state index in [0.717, 1.165) is 143 Å². The number of nitrogens with zero attached hydrogens (tertiary/aromatic N) is 6. The van der Waals surface area contributed by atoms with E-state index in [4.69, 9.17) is 10.2 Å². The zero-order chi connectivity index (χ0) is 107. The maximum absolute atomic E-state index is 13.4. The Morgan fingerprint density at radius 3 is 0.750 bits per heavy atom. The normalized spacial score (nSPS) is 12.3. The second kappa shape index (κ2) is 49.4. The van der Waals surface area contributed by atoms with E-state index in [1.54, 1.807) is 152 Å². The van der Waals surface area contributed by atoms with Crippen LogP contribution in [0.4, 0.5) is 30.7 Å². The van der Waals surface area contributed by atoms with E-state index >= 15 is 0 Å². The predicted octanol–water partition coefficient (Wildman–Crippen LogP) is 31.5. The Morgan fingerprint density at radius 1 is 0.284 bits per heavy atom. The lowest BCUT2D eigenvalue weighted by Crippen LogP contribution is -2.26. The Hall–Kier alpha value is -14.5. The second-order valence-electron chi connectivity index (χ2n) is 35.2. The molecule has 18 nitrogen and oxygen atoms in total. The van der Waals surface area contributed by atoms with Crippen molar-refractivity contribution < 1.29 is 90.1 Å². The van der Waals surface area contributed by atoms with Gasteiger partial charge < -0.3 is 30.6 Å². The van der Waals surface area contributed by atoms with E-state index in [1.807, 2.05) is 74.5 Å². The third-order valence-corrected chi connectivity index (χ3v) is 31.2. The Balaban J connectivity index is 0.000000148. The molecule has 18 aromatic rings. The first-order chi connectivity index (χ1) is 70.4. The van der Waals surface area contributed by atoms with Crippen molar-refractivity contribution in [3.05, 3.63) is 362 Å². The van der Waals surface area contributed by atoms with Gasteiger partial charge in [-0.2, -0.15) is 26.3 Å². The summed E-state index contributed by atoms with van der Waals surface area (Å²) < 4.78 is 91.1. The number of hydrogen-bond acceptors (Lipinski definition) is 18. The van der Waals surface area contributed by atoms with Gasteiger partial charge in [-0.3, -0.25) is 58.7 Å². The highest BCUT2D eigenvalue weighted by Gasteiger charge is 2.36. The lowest BCUT2D eigenvalue weighted by Gasteiger charge is -2.19. The van der Waals surface area contributed by atoms with Gasteiger partial charge in [0.1, 0.15) is 36.3 Å². The first-order valence-corrected chi connectivity index (χ1v) is 51.6. The van der Waals surface area contributed by atoms with E-state index in [2.05, 4.69) is 160 Å². The predicted molar refractivity (Wildman–Crippen MR) is 583 cm³/mol. The molecule has 6 N–H and O–H groups in total. The number of carboxylic acids is 6. The van der Waals surface area contributed by atoms with E-state index in [1.165, 1.54) is 100 Å². The number of pyridine rings is 6. The summed E-state index contributed by atoms with van der Waals surface area (Å²) in [6, 6.07) is 87.0. The third-order valence-electron chi connectivity index (χ3n) is 23.5. The summed E-state index contributed by atoms with van der Waals surface area (Å²) >= 11 is 7.69. The molecule has 4 unspecified atom stereocenters. The molecular weight excluding hydrogens is 2010 g/mol. The second-order valence-corrected chi connectivity index (χ2v) is 43.8. The van der Waals surface area contributed by atoms with Gasteiger partial charge >= 0.3 is 48.2 Å². The van der Waals surface area contributed by atoms with Crippen LogP contribution in [0.5, 0.6) is 0 Å². The van der Waals surface area contributed by atoms with Crippen LogP contribution in [0.3, 0.4) is 0 Å². The number of hydrogen-bond donors (Lipinski definition) is 6. The van der Waals surface area contributed by atoms with Crippen LogP contribution in [0.15, 0.2) is 358 Å². The van der Waals surface area contributed by atoms with Crippen molar-refractivity contribution in [2.24, 2.45) is 0 Å². The van der Waals surface area contributed by atoms with Crippen LogP contribution in [-0.4, -0.2) is 127 Å². The molecular formula is C117H101F7N6O12S6. The quantitative estimate of drug-likeness (QED) is 0.0217. The number of thioether (sulfide) groups is 6. The van der Waals surface area contributed by atoms with Gasteiger partial charge in [0, 0.05) is 98.9 Å². The molecule has 148 heavy (non-hydrogen) atoms. The summed E-state index contributed by atoms with van der Waals surface area (Å²) in [6.07, 6.45) is 2.21. The van der Waals surface area contributed by atoms with Gasteiger partial charge in [0.15, 0.2) is 0 Å². The average molecular weight is 2110 g/mol. The number of halogens is 7. The van der Waals surface area contributed by atoms with Crippen molar-refractivity contribution in [3.8, 4) is 66.8 Å². The Morgan fingerprint density at radius 2 is 0.507 bits per heavy atom. The van der Waals surface area contributed by atoms with Crippen LogP contribution in [-0.2, 0) is 41.1 Å². The smallest absolute Gasteiger partial charge is 0.417 e. The van der Waals surface area contributed by atoms with E-state index in [9.17, 15) is 79.9 Å². The van der Waals surface area contributed by atoms with Gasteiger partial charge in [-0.25, -0.2) is 4.39 Å². The molecule has 0 saturated carbocycles. The fraction of sp³-hybridized carbons (Fsp3) is 0.179. The molecule has 756 valence electrons. The molecule has 4 atom stereocenters. The molecule has 6 aromatic heterocycles. The van der Waals surface area contributed by atoms with Crippen molar-refractivity contribution in [1.82, 2.24) is 29.9 Å². The van der Waals surface area contributed by atoms with E-state index in [-0.39, 0.29) is 16.9 Å². The SMILES string of the molecule is CC(C)(Sc1ccnc2ccc(-c3ccccc3C(F)(F)F)cc12)C(=O)O.CC(Sc1ccnc2ccc(-c3ccccc3C(F)(F)F)cc12)C(=O)O.CCC(Sc1ccnc2ccc(-c3ccc(C)cc3)cc12)C(=O)O.CCC(Sc1ccnc2ccc(-c3ccc(F)cc3)cc12)C(=O)O.Cc1ccc(-c2ccc3nccc(SC(C)(C)C(=O)O)c3c2)cc1.Cc1ccc(-c2ccc3nccc(SC(C)C(=O)O)c3c2)cc1. The maximum atomic E-state index is 13.4. The monoisotopic (exact) mass is 2110 g/mol. The van der Waals surface area contributed by atoms with Crippen molar-refractivity contribution in [2.45, 2.75) is 161 Å². The molecule has 31 heteroatoms. The summed E-state index contributed by atoms with van der Waals surface area (Å²) in [5.41, 5.74) is 16.4. The first kappa shape index (κ1) is 111. The summed E-state index contributed by atoms with van der Waals surface area (Å²) in [5, 5.41) is 58.6. The van der Waals surface area contributed by atoms with Crippen molar-refractivity contribution in [1.29, 1.82) is 0 Å². The third kappa shape index (κ3) is 28.7. The zero-order valence-electron chi connectivity index (χ0n) is 81.8. The number of rotatable bonds is 26. The minimum atomic E-state index is -4.47. The molecule has 6 heterocycles. The lowest BCUT2D eigenvalue weighted by atomic mass is 9.98. The number of carbonyl (C=O) groups is 6. The maximum Gasteiger partial charge on any atom is 0.417 e. The highest BCUT2D eigenvalue weighted by Crippen LogP contribution is 2.46. The van der Waals surface area contributed by atoms with Crippen LogP contribution in [0.25, 0.3) is 132 Å². The number of aromatic nitrogens is 6. The molecule has 0 saturated heterocycles. The fourth-order valence-corrected chi connectivity index (χ4v) is 21.2. The van der Waals surface area contributed by atoms with Gasteiger partial charge in [-0.1, -0.05) is 188 Å². The lowest BCUT2D eigenvalue weighted by molar-refractivity contribution is -0.139. The minimum Gasteiger partial charge on any atom is -0.480 e. The van der Waals surface area contributed by atoms with Crippen LogP contribution in [0.1, 0.15) is 96.0 Å². The van der Waals surface area contributed by atoms with Crippen molar-refractivity contribution in [3.63, 3.8) is 0 Å². The molecule has 0 aliphatic heterocycles. The Bertz CT molecular complexity index is 7740. The highest BCUT2D eigenvalue weighted by molar-refractivity contribution is 8.02. The summed E-state index contributed by atoms with van der Waals surface area (Å²) in [6.45, 7) is 19.8. The van der Waals surface area contributed by atoms with Gasteiger partial charge in [-0.05, 0) is 275 Å². The number of fused-ring (bicyclic) bond motifs is 6. The number of carboxylic acid groups (broad SMARTS) is 6. The fourth-order valence-electron chi connectivity index (χ4n) is 15.3. The molecule has 0 radical (unpaired) electrons. The van der Waals surface area contributed by atoms with Gasteiger partial charge in [0.25, 0.3) is 0 Å². The van der Waals surface area contributed by atoms with Crippen molar-refractivity contribution in [2.75, 3.05) is 0 Å². The number of benzene rings is 12. The van der Waals surface area contributed by atoms with Gasteiger partial charge in [-0.15, -0.1) is 70.6 Å². The van der Waals surface area contributed by atoms with E-state index < -0.39 is 89.8 Å². The molecule has 0 aliphatic rings. The Labute approximate surface area is 875 Å². The largest absolute Gasteiger partial charge is 0.480 e. The number of aryl methyl sites for hydroxylation is 3. The zero-order valence-corrected chi connectivity index (χ0v) is 86.7. The van der Waals surface area contributed by atoms with Crippen LogP contribution in [0, 0.1) is 26.6 Å². The molecule has 18 rings (SSSR count).